The molecular formula is C19H31ClN6O. The average Bonchev–Trinajstić information content (AvgIpc) is 3.33. The summed E-state index contributed by atoms with van der Waals surface area (Å²) in [5.74, 6) is 1.73. The second kappa shape index (κ2) is 10.1. The van der Waals surface area contributed by atoms with E-state index in [0.29, 0.717) is 17.1 Å². The Morgan fingerprint density at radius 2 is 2.30 bits per heavy atom. The van der Waals surface area contributed by atoms with Crippen LogP contribution in [0.3, 0.4) is 0 Å². The van der Waals surface area contributed by atoms with Crippen LogP contribution in [-0.2, 0) is 4.74 Å². The van der Waals surface area contributed by atoms with Crippen LogP contribution in [0.1, 0.15) is 19.3 Å². The van der Waals surface area contributed by atoms with Crippen LogP contribution in [-0.4, -0.2) is 81.4 Å². The van der Waals surface area contributed by atoms with E-state index in [1.165, 1.54) is 12.8 Å². The minimum Gasteiger partial charge on any atom is -0.383 e. The fourth-order valence-corrected chi connectivity index (χ4v) is 4.15. The maximum atomic E-state index is 6.28. The first kappa shape index (κ1) is 20.2. The van der Waals surface area contributed by atoms with Gasteiger partial charge in [0.25, 0.3) is 0 Å². The third kappa shape index (κ3) is 5.46. The van der Waals surface area contributed by atoms with Gasteiger partial charge in [0.1, 0.15) is 5.82 Å². The van der Waals surface area contributed by atoms with E-state index >= 15 is 0 Å². The number of anilines is 1. The molecule has 2 N–H and O–H groups in total. The highest BCUT2D eigenvalue weighted by Crippen LogP contribution is 2.25. The molecule has 2 saturated heterocycles. The molecule has 0 radical (unpaired) electrons. The number of halogens is 1. The molecule has 7 nitrogen and oxygen atoms in total. The van der Waals surface area contributed by atoms with Crippen LogP contribution >= 0.6 is 11.6 Å². The molecule has 0 amide bonds. The highest BCUT2D eigenvalue weighted by Gasteiger charge is 2.27. The highest BCUT2D eigenvalue weighted by molar-refractivity contribution is 6.32. The quantitative estimate of drug-likeness (QED) is 0.541. The molecule has 2 atom stereocenters. The van der Waals surface area contributed by atoms with E-state index in [1.54, 1.807) is 13.3 Å². The highest BCUT2D eigenvalue weighted by atomic mass is 35.5. The standard InChI is InChI=1S/C19H31ClN6O/c1-21-19(23-13-16-5-4-9-25(16)11-12-27-2)24-15-7-10-26(14-15)18-17(20)6-3-8-22-18/h3,6,8,15-16H,4-5,7,9-14H2,1-2H3,(H2,21,23,24). The van der Waals surface area contributed by atoms with Crippen LogP contribution in [0.2, 0.25) is 5.02 Å². The lowest BCUT2D eigenvalue weighted by Crippen LogP contribution is -2.48. The number of nitrogens with zero attached hydrogens (tertiary/aromatic N) is 4. The predicted molar refractivity (Wildman–Crippen MR) is 111 cm³/mol. The van der Waals surface area contributed by atoms with Crippen LogP contribution in [0.5, 0.6) is 0 Å². The van der Waals surface area contributed by atoms with Crippen molar-refractivity contribution in [1.29, 1.82) is 0 Å². The minimum atomic E-state index is 0.336. The van der Waals surface area contributed by atoms with Gasteiger partial charge in [0.15, 0.2) is 5.96 Å². The molecule has 3 rings (SSSR count). The number of pyridine rings is 1. The van der Waals surface area contributed by atoms with E-state index in [-0.39, 0.29) is 0 Å². The van der Waals surface area contributed by atoms with Crippen LogP contribution in [0.25, 0.3) is 0 Å². The Morgan fingerprint density at radius 3 is 3.07 bits per heavy atom. The van der Waals surface area contributed by atoms with Crippen LogP contribution < -0.4 is 15.5 Å². The molecule has 2 aliphatic rings. The molecule has 3 heterocycles. The fraction of sp³-hybridized carbons (Fsp3) is 0.684. The van der Waals surface area contributed by atoms with Gasteiger partial charge >= 0.3 is 0 Å². The molecule has 1 aromatic rings. The molecule has 150 valence electrons. The first-order chi connectivity index (χ1) is 13.2. The Balaban J connectivity index is 1.46. The summed E-state index contributed by atoms with van der Waals surface area (Å²) in [5, 5.41) is 7.76. The third-order valence-electron chi connectivity index (χ3n) is 5.38. The molecular weight excluding hydrogens is 364 g/mol. The fourth-order valence-electron chi connectivity index (χ4n) is 3.91. The number of hydrogen-bond acceptors (Lipinski definition) is 5. The largest absolute Gasteiger partial charge is 0.383 e. The van der Waals surface area contributed by atoms with Gasteiger partial charge in [-0.1, -0.05) is 11.6 Å². The van der Waals surface area contributed by atoms with Crippen molar-refractivity contribution >= 4 is 23.4 Å². The van der Waals surface area contributed by atoms with Gasteiger partial charge in [0.05, 0.1) is 11.6 Å². The van der Waals surface area contributed by atoms with Crippen molar-refractivity contribution in [3.63, 3.8) is 0 Å². The number of nitrogens with one attached hydrogen (secondary N) is 2. The summed E-state index contributed by atoms with van der Waals surface area (Å²) in [6.07, 6.45) is 5.31. The average molecular weight is 395 g/mol. The third-order valence-corrected chi connectivity index (χ3v) is 5.67. The van der Waals surface area contributed by atoms with Crippen LogP contribution in [0.4, 0.5) is 5.82 Å². The van der Waals surface area contributed by atoms with Gasteiger partial charge in [-0.25, -0.2) is 4.98 Å². The molecule has 8 heteroatoms. The number of aromatic nitrogens is 1. The van der Waals surface area contributed by atoms with Gasteiger partial charge in [-0.15, -0.1) is 0 Å². The van der Waals surface area contributed by atoms with E-state index < -0.39 is 0 Å². The van der Waals surface area contributed by atoms with Crippen LogP contribution in [0, 0.1) is 0 Å². The van der Waals surface area contributed by atoms with Crippen molar-refractivity contribution in [3.8, 4) is 0 Å². The lowest BCUT2D eigenvalue weighted by atomic mass is 10.2. The predicted octanol–water partition coefficient (Wildman–Crippen LogP) is 1.59. The van der Waals surface area contributed by atoms with Crippen molar-refractivity contribution in [3.05, 3.63) is 23.4 Å². The Hall–Kier alpha value is -1.57. The number of guanidine groups is 1. The monoisotopic (exact) mass is 394 g/mol. The molecule has 1 aromatic heterocycles. The van der Waals surface area contributed by atoms with E-state index in [2.05, 4.69) is 30.4 Å². The lowest BCUT2D eigenvalue weighted by Gasteiger charge is -2.26. The molecule has 2 aliphatic heterocycles. The van der Waals surface area contributed by atoms with Gasteiger partial charge in [-0.3, -0.25) is 9.89 Å². The Morgan fingerprint density at radius 1 is 1.41 bits per heavy atom. The molecule has 0 aromatic carbocycles. The van der Waals surface area contributed by atoms with Gasteiger partial charge in [-0.2, -0.15) is 0 Å². The van der Waals surface area contributed by atoms with Crippen molar-refractivity contribution in [1.82, 2.24) is 20.5 Å². The van der Waals surface area contributed by atoms with E-state index in [1.807, 2.05) is 19.2 Å². The number of ether oxygens (including phenoxy) is 1. The topological polar surface area (TPSA) is 65.0 Å². The van der Waals surface area contributed by atoms with Crippen molar-refractivity contribution in [2.75, 3.05) is 58.4 Å². The Bertz CT molecular complexity index is 628. The zero-order chi connectivity index (χ0) is 19.1. The maximum absolute atomic E-state index is 6.28. The Labute approximate surface area is 167 Å². The molecule has 27 heavy (non-hydrogen) atoms. The summed E-state index contributed by atoms with van der Waals surface area (Å²) in [4.78, 5) is 13.6. The minimum absolute atomic E-state index is 0.336. The number of methoxy groups -OCH3 is 1. The van der Waals surface area contributed by atoms with E-state index in [9.17, 15) is 0 Å². The van der Waals surface area contributed by atoms with Crippen molar-refractivity contribution < 1.29 is 4.74 Å². The number of hydrogen-bond donors (Lipinski definition) is 2. The van der Waals surface area contributed by atoms with Crippen molar-refractivity contribution in [2.45, 2.75) is 31.3 Å². The van der Waals surface area contributed by atoms with Gasteiger partial charge < -0.3 is 20.3 Å². The summed E-state index contributed by atoms with van der Waals surface area (Å²) in [6, 6.07) is 4.64. The molecule has 0 aliphatic carbocycles. The summed E-state index contributed by atoms with van der Waals surface area (Å²) in [6.45, 7) is 5.67. The zero-order valence-electron chi connectivity index (χ0n) is 16.3. The summed E-state index contributed by atoms with van der Waals surface area (Å²) >= 11 is 6.28. The number of aliphatic imine (C=N–C) groups is 1. The molecule has 0 spiro atoms. The van der Waals surface area contributed by atoms with E-state index in [0.717, 1.165) is 57.5 Å². The smallest absolute Gasteiger partial charge is 0.191 e. The van der Waals surface area contributed by atoms with Crippen molar-refractivity contribution in [2.24, 2.45) is 4.99 Å². The molecule has 2 fully saturated rings. The SMILES string of the molecule is CN=C(NCC1CCCN1CCOC)NC1CCN(c2ncccc2Cl)C1. The van der Waals surface area contributed by atoms with Gasteiger partial charge in [0.2, 0.25) is 0 Å². The first-order valence-electron chi connectivity index (χ1n) is 9.77. The maximum Gasteiger partial charge on any atom is 0.191 e. The molecule has 0 saturated carbocycles. The summed E-state index contributed by atoms with van der Waals surface area (Å²) in [5.41, 5.74) is 0. The summed E-state index contributed by atoms with van der Waals surface area (Å²) in [7, 11) is 3.59. The van der Waals surface area contributed by atoms with E-state index in [4.69, 9.17) is 16.3 Å². The number of likely N-dealkylation sites (tertiary alicyclic amines) is 1. The molecule has 0 bridgehead atoms. The number of rotatable bonds is 7. The lowest BCUT2D eigenvalue weighted by molar-refractivity contribution is 0.141. The first-order valence-corrected chi connectivity index (χ1v) is 10.1. The zero-order valence-corrected chi connectivity index (χ0v) is 17.1. The van der Waals surface area contributed by atoms with Gasteiger partial charge in [-0.05, 0) is 37.9 Å². The Kier molecular flexibility index (Phi) is 7.55. The van der Waals surface area contributed by atoms with Gasteiger partial charge in [0, 0.05) is 58.6 Å². The normalized spacial score (nSPS) is 23.8. The second-order valence-electron chi connectivity index (χ2n) is 7.16. The van der Waals surface area contributed by atoms with Crippen LogP contribution in [0.15, 0.2) is 23.3 Å². The second-order valence-corrected chi connectivity index (χ2v) is 7.57. The summed E-state index contributed by atoms with van der Waals surface area (Å²) < 4.78 is 5.23. The molecule has 2 unspecified atom stereocenters.